The molecule has 0 aliphatic heterocycles. The van der Waals surface area contributed by atoms with E-state index in [1.54, 1.807) is 19.1 Å². The van der Waals surface area contributed by atoms with E-state index in [1.807, 2.05) is 38.1 Å². The van der Waals surface area contributed by atoms with E-state index in [4.69, 9.17) is 16.3 Å². The Morgan fingerprint density at radius 1 is 1.18 bits per heavy atom. The van der Waals surface area contributed by atoms with E-state index in [-0.39, 0.29) is 19.2 Å². The number of amides is 1. The van der Waals surface area contributed by atoms with Crippen molar-refractivity contribution in [1.29, 1.82) is 0 Å². The van der Waals surface area contributed by atoms with E-state index in [0.29, 0.717) is 10.7 Å². The lowest BCUT2D eigenvalue weighted by atomic mass is 10.2. The summed E-state index contributed by atoms with van der Waals surface area (Å²) in [5.74, 6) is 0.318. The number of ether oxygens (including phenoxy) is 1. The van der Waals surface area contributed by atoms with Crippen LogP contribution in [0.15, 0.2) is 42.5 Å². The standard InChI is InChI=1S/C20H25ClN2O4S/c1-14-9-10-17(11-18(14)21)23(28(4,25)26)12-20(24)22-16(3)13-27-19-8-6-5-7-15(19)2/h5-11,16H,12-13H2,1-4H3,(H,22,24)/t16-/m1/s1. The number of hydrogen-bond donors (Lipinski definition) is 1. The molecule has 0 saturated carbocycles. The molecule has 0 aromatic heterocycles. The van der Waals surface area contributed by atoms with Gasteiger partial charge in [0, 0.05) is 5.02 Å². The van der Waals surface area contributed by atoms with Crippen molar-refractivity contribution in [3.63, 3.8) is 0 Å². The van der Waals surface area contributed by atoms with E-state index >= 15 is 0 Å². The molecule has 152 valence electrons. The molecule has 2 aromatic carbocycles. The molecule has 2 rings (SSSR count). The fourth-order valence-electron chi connectivity index (χ4n) is 2.56. The van der Waals surface area contributed by atoms with E-state index < -0.39 is 15.9 Å². The highest BCUT2D eigenvalue weighted by molar-refractivity contribution is 7.92. The van der Waals surface area contributed by atoms with Crippen molar-refractivity contribution in [2.24, 2.45) is 0 Å². The molecule has 0 saturated heterocycles. The van der Waals surface area contributed by atoms with Crippen molar-refractivity contribution < 1.29 is 17.9 Å². The average Bonchev–Trinajstić information content (AvgIpc) is 2.60. The third-order valence-electron chi connectivity index (χ3n) is 4.12. The smallest absolute Gasteiger partial charge is 0.241 e. The van der Waals surface area contributed by atoms with Gasteiger partial charge in [0.1, 0.15) is 18.9 Å². The third kappa shape index (κ3) is 6.14. The quantitative estimate of drug-likeness (QED) is 0.705. The molecule has 0 aliphatic carbocycles. The molecule has 0 spiro atoms. The van der Waals surface area contributed by atoms with Gasteiger partial charge >= 0.3 is 0 Å². The summed E-state index contributed by atoms with van der Waals surface area (Å²) in [7, 11) is -3.66. The van der Waals surface area contributed by atoms with Crippen molar-refractivity contribution in [3.05, 3.63) is 58.6 Å². The fourth-order valence-corrected chi connectivity index (χ4v) is 3.59. The maximum Gasteiger partial charge on any atom is 0.241 e. The Labute approximate surface area is 171 Å². The van der Waals surface area contributed by atoms with Crippen molar-refractivity contribution in [2.45, 2.75) is 26.8 Å². The van der Waals surface area contributed by atoms with Crippen LogP contribution in [0.2, 0.25) is 5.02 Å². The van der Waals surface area contributed by atoms with Crippen LogP contribution < -0.4 is 14.4 Å². The second-order valence-electron chi connectivity index (χ2n) is 6.75. The zero-order valence-corrected chi connectivity index (χ0v) is 18.0. The van der Waals surface area contributed by atoms with Crippen LogP contribution in [0.25, 0.3) is 0 Å². The molecule has 1 atom stereocenters. The first-order valence-electron chi connectivity index (χ1n) is 8.79. The van der Waals surface area contributed by atoms with Crippen LogP contribution in [-0.2, 0) is 14.8 Å². The molecule has 0 fully saturated rings. The predicted molar refractivity (Wildman–Crippen MR) is 113 cm³/mol. The number of rotatable bonds is 8. The number of halogens is 1. The van der Waals surface area contributed by atoms with Crippen molar-refractivity contribution in [3.8, 4) is 5.75 Å². The van der Waals surface area contributed by atoms with Gasteiger partial charge in [0.2, 0.25) is 15.9 Å². The molecule has 0 unspecified atom stereocenters. The van der Waals surface area contributed by atoms with E-state index in [1.165, 1.54) is 6.07 Å². The van der Waals surface area contributed by atoms with E-state index in [2.05, 4.69) is 5.32 Å². The Bertz CT molecular complexity index is 947. The number of nitrogens with zero attached hydrogens (tertiary/aromatic N) is 1. The molecule has 0 bridgehead atoms. The SMILES string of the molecule is Cc1ccc(N(CC(=O)N[C@H](C)COc2ccccc2C)S(C)(=O)=O)cc1Cl. The Hall–Kier alpha value is -2.25. The van der Waals surface area contributed by atoms with Gasteiger partial charge in [0.15, 0.2) is 0 Å². The van der Waals surface area contributed by atoms with E-state index in [9.17, 15) is 13.2 Å². The zero-order valence-electron chi connectivity index (χ0n) is 16.4. The number of anilines is 1. The Morgan fingerprint density at radius 2 is 1.86 bits per heavy atom. The van der Waals surface area contributed by atoms with E-state index in [0.717, 1.165) is 27.4 Å². The van der Waals surface area contributed by atoms with Crippen LogP contribution in [-0.4, -0.2) is 39.8 Å². The van der Waals surface area contributed by atoms with Crippen LogP contribution in [0.4, 0.5) is 5.69 Å². The summed E-state index contributed by atoms with van der Waals surface area (Å²) in [6.45, 7) is 5.48. The van der Waals surface area contributed by atoms with Gasteiger partial charge in [-0.05, 0) is 50.1 Å². The van der Waals surface area contributed by atoms with Gasteiger partial charge in [-0.3, -0.25) is 9.10 Å². The molecule has 0 radical (unpaired) electrons. The topological polar surface area (TPSA) is 75.7 Å². The Balaban J connectivity index is 2.01. The van der Waals surface area contributed by atoms with Crippen molar-refractivity contribution in [2.75, 3.05) is 23.7 Å². The average molecular weight is 425 g/mol. The fraction of sp³-hybridized carbons (Fsp3) is 0.350. The summed E-state index contributed by atoms with van der Waals surface area (Å²) in [6, 6.07) is 12.2. The third-order valence-corrected chi connectivity index (χ3v) is 5.67. The summed E-state index contributed by atoms with van der Waals surface area (Å²) in [4.78, 5) is 12.4. The number of carbonyl (C=O) groups excluding carboxylic acids is 1. The molecule has 0 aliphatic rings. The monoisotopic (exact) mass is 424 g/mol. The Morgan fingerprint density at radius 3 is 2.46 bits per heavy atom. The molecule has 6 nitrogen and oxygen atoms in total. The maximum absolute atomic E-state index is 12.4. The lowest BCUT2D eigenvalue weighted by molar-refractivity contribution is -0.120. The number of sulfonamides is 1. The maximum atomic E-state index is 12.4. The molecule has 1 N–H and O–H groups in total. The number of para-hydroxylation sites is 1. The summed E-state index contributed by atoms with van der Waals surface area (Å²) >= 11 is 6.10. The number of hydrogen-bond acceptors (Lipinski definition) is 4. The predicted octanol–water partition coefficient (Wildman–Crippen LogP) is 3.31. The first-order valence-corrected chi connectivity index (χ1v) is 11.0. The number of aryl methyl sites for hydroxylation is 2. The zero-order chi connectivity index (χ0) is 20.9. The molecule has 28 heavy (non-hydrogen) atoms. The van der Waals surface area contributed by atoms with Gasteiger partial charge in [-0.2, -0.15) is 0 Å². The highest BCUT2D eigenvalue weighted by Crippen LogP contribution is 2.24. The number of nitrogens with one attached hydrogen (secondary N) is 1. The minimum atomic E-state index is -3.66. The van der Waals surface area contributed by atoms with Crippen molar-refractivity contribution in [1.82, 2.24) is 5.32 Å². The molecule has 2 aromatic rings. The van der Waals surface area contributed by atoms with Crippen LogP contribution in [0.1, 0.15) is 18.1 Å². The van der Waals surface area contributed by atoms with Gasteiger partial charge in [-0.25, -0.2) is 8.42 Å². The molecular formula is C20H25ClN2O4S. The van der Waals surface area contributed by atoms with Gasteiger partial charge < -0.3 is 10.1 Å². The first kappa shape index (κ1) is 22.0. The highest BCUT2D eigenvalue weighted by Gasteiger charge is 2.22. The molecular weight excluding hydrogens is 400 g/mol. The normalized spacial score (nSPS) is 12.3. The number of carbonyl (C=O) groups is 1. The first-order chi connectivity index (χ1) is 13.1. The number of benzene rings is 2. The summed E-state index contributed by atoms with van der Waals surface area (Å²) in [5, 5.41) is 3.20. The molecule has 1 amide bonds. The van der Waals surface area contributed by atoms with Gasteiger partial charge in [0.25, 0.3) is 0 Å². The van der Waals surface area contributed by atoms with Crippen LogP contribution in [0, 0.1) is 13.8 Å². The largest absolute Gasteiger partial charge is 0.491 e. The van der Waals surface area contributed by atoms with Gasteiger partial charge in [-0.15, -0.1) is 0 Å². The lowest BCUT2D eigenvalue weighted by Gasteiger charge is -2.23. The van der Waals surface area contributed by atoms with Gasteiger partial charge in [-0.1, -0.05) is 35.9 Å². The summed E-state index contributed by atoms with van der Waals surface area (Å²) < 4.78 is 31.1. The molecule has 0 heterocycles. The lowest BCUT2D eigenvalue weighted by Crippen LogP contribution is -2.44. The summed E-state index contributed by atoms with van der Waals surface area (Å²) in [5.41, 5.74) is 2.17. The summed E-state index contributed by atoms with van der Waals surface area (Å²) in [6.07, 6.45) is 1.05. The van der Waals surface area contributed by atoms with Crippen LogP contribution in [0.5, 0.6) is 5.75 Å². The molecule has 8 heteroatoms. The Kier molecular flexibility index (Phi) is 7.32. The van der Waals surface area contributed by atoms with Gasteiger partial charge in [0.05, 0.1) is 18.0 Å². The highest BCUT2D eigenvalue weighted by atomic mass is 35.5. The second kappa shape index (κ2) is 9.30. The minimum Gasteiger partial charge on any atom is -0.491 e. The van der Waals surface area contributed by atoms with Crippen LogP contribution in [0.3, 0.4) is 0 Å². The van der Waals surface area contributed by atoms with Crippen molar-refractivity contribution >= 4 is 33.2 Å². The second-order valence-corrected chi connectivity index (χ2v) is 9.06. The minimum absolute atomic E-state index is 0.270. The van der Waals surface area contributed by atoms with Crippen LogP contribution >= 0.6 is 11.6 Å².